The van der Waals surface area contributed by atoms with Crippen molar-refractivity contribution in [1.29, 1.82) is 0 Å². The van der Waals surface area contributed by atoms with E-state index in [1.165, 1.54) is 0 Å². The third-order valence-corrected chi connectivity index (χ3v) is 4.59. The SMILES string of the molecule is Cc1cnn(C2CCCN(C(=O)c3cc(-c4ccc(C)o4)[nH]n3)C2)c1. The molecule has 4 heterocycles. The van der Waals surface area contributed by atoms with Gasteiger partial charge in [-0.1, -0.05) is 0 Å². The van der Waals surface area contributed by atoms with Crippen molar-refractivity contribution in [2.45, 2.75) is 32.7 Å². The van der Waals surface area contributed by atoms with Crippen LogP contribution in [0.4, 0.5) is 0 Å². The Bertz CT molecular complexity index is 891. The number of aryl methyl sites for hydroxylation is 2. The van der Waals surface area contributed by atoms with Gasteiger partial charge in [-0.05, 0) is 44.4 Å². The first kappa shape index (κ1) is 15.7. The maximum absolute atomic E-state index is 12.8. The van der Waals surface area contributed by atoms with Crippen LogP contribution in [-0.4, -0.2) is 43.9 Å². The molecule has 3 aromatic rings. The highest BCUT2D eigenvalue weighted by Gasteiger charge is 2.27. The molecular weight excluding hydrogens is 318 g/mol. The Morgan fingerprint density at radius 2 is 2.24 bits per heavy atom. The highest BCUT2D eigenvalue weighted by atomic mass is 16.3. The van der Waals surface area contributed by atoms with Crippen LogP contribution in [0.2, 0.25) is 0 Å². The standard InChI is InChI=1S/C18H21N5O2/c1-12-9-19-23(10-12)14-4-3-7-22(11-14)18(24)16-8-15(20-21-16)17-6-5-13(2)25-17/h5-6,8-10,14H,3-4,7,11H2,1-2H3,(H,20,21). The number of carbonyl (C=O) groups excluding carboxylic acids is 1. The van der Waals surface area contributed by atoms with Crippen LogP contribution in [0.1, 0.15) is 40.7 Å². The van der Waals surface area contributed by atoms with Gasteiger partial charge in [0.1, 0.15) is 11.5 Å². The fourth-order valence-electron chi connectivity index (χ4n) is 3.29. The predicted octanol–water partition coefficient (Wildman–Crippen LogP) is 2.96. The zero-order valence-corrected chi connectivity index (χ0v) is 14.4. The van der Waals surface area contributed by atoms with Crippen LogP contribution in [-0.2, 0) is 0 Å². The fourth-order valence-corrected chi connectivity index (χ4v) is 3.29. The zero-order valence-electron chi connectivity index (χ0n) is 14.4. The van der Waals surface area contributed by atoms with E-state index in [2.05, 4.69) is 15.3 Å². The Morgan fingerprint density at radius 3 is 2.96 bits per heavy atom. The number of likely N-dealkylation sites (tertiary alicyclic amines) is 1. The summed E-state index contributed by atoms with van der Waals surface area (Å²) in [5.74, 6) is 1.46. The van der Waals surface area contributed by atoms with Gasteiger partial charge in [-0.2, -0.15) is 10.2 Å². The van der Waals surface area contributed by atoms with Crippen LogP contribution in [0.5, 0.6) is 0 Å². The number of nitrogens with zero attached hydrogens (tertiary/aromatic N) is 4. The Balaban J connectivity index is 1.49. The smallest absolute Gasteiger partial charge is 0.274 e. The number of H-pyrrole nitrogens is 1. The number of piperidine rings is 1. The van der Waals surface area contributed by atoms with E-state index in [0.29, 0.717) is 23.7 Å². The molecule has 0 aliphatic carbocycles. The minimum atomic E-state index is -0.0562. The third kappa shape index (κ3) is 3.09. The first-order chi connectivity index (χ1) is 12.1. The lowest BCUT2D eigenvalue weighted by Gasteiger charge is -2.32. The summed E-state index contributed by atoms with van der Waals surface area (Å²) in [6.45, 7) is 5.31. The van der Waals surface area contributed by atoms with Crippen LogP contribution in [0.3, 0.4) is 0 Å². The summed E-state index contributed by atoms with van der Waals surface area (Å²) in [6, 6.07) is 5.73. The first-order valence-electron chi connectivity index (χ1n) is 8.52. The number of amides is 1. The highest BCUT2D eigenvalue weighted by Crippen LogP contribution is 2.24. The summed E-state index contributed by atoms with van der Waals surface area (Å²) in [5, 5.41) is 11.5. The van der Waals surface area contributed by atoms with Crippen LogP contribution in [0.15, 0.2) is 35.0 Å². The quantitative estimate of drug-likeness (QED) is 0.795. The number of rotatable bonds is 3. The number of nitrogens with one attached hydrogen (secondary N) is 1. The molecule has 0 bridgehead atoms. The van der Waals surface area contributed by atoms with E-state index in [-0.39, 0.29) is 11.9 Å². The van der Waals surface area contributed by atoms with Crippen LogP contribution >= 0.6 is 0 Å². The molecule has 7 nitrogen and oxygen atoms in total. The molecule has 1 aliphatic rings. The predicted molar refractivity (Wildman–Crippen MR) is 92.2 cm³/mol. The Morgan fingerprint density at radius 1 is 1.36 bits per heavy atom. The number of hydrogen-bond donors (Lipinski definition) is 1. The second-order valence-corrected chi connectivity index (χ2v) is 6.62. The molecule has 1 amide bonds. The number of furan rings is 1. The summed E-state index contributed by atoms with van der Waals surface area (Å²) in [6.07, 6.45) is 5.88. The van der Waals surface area contributed by atoms with Crippen LogP contribution < -0.4 is 0 Å². The summed E-state index contributed by atoms with van der Waals surface area (Å²) < 4.78 is 7.55. The Kier molecular flexibility index (Phi) is 3.91. The molecule has 25 heavy (non-hydrogen) atoms. The third-order valence-electron chi connectivity index (χ3n) is 4.59. The molecule has 0 radical (unpaired) electrons. The van der Waals surface area contributed by atoms with Gasteiger partial charge in [0.2, 0.25) is 0 Å². The van der Waals surface area contributed by atoms with Crippen molar-refractivity contribution in [2.24, 2.45) is 0 Å². The second-order valence-electron chi connectivity index (χ2n) is 6.62. The van der Waals surface area contributed by atoms with Gasteiger partial charge in [-0.25, -0.2) is 0 Å². The van der Waals surface area contributed by atoms with Gasteiger partial charge < -0.3 is 9.32 Å². The molecule has 1 aliphatic heterocycles. The average Bonchev–Trinajstić information content (AvgIpc) is 3.34. The lowest BCUT2D eigenvalue weighted by molar-refractivity contribution is 0.0667. The monoisotopic (exact) mass is 339 g/mol. The summed E-state index contributed by atoms with van der Waals surface area (Å²) in [4.78, 5) is 14.7. The van der Waals surface area contributed by atoms with Gasteiger partial charge in [-0.3, -0.25) is 14.6 Å². The molecule has 130 valence electrons. The van der Waals surface area contributed by atoms with E-state index < -0.39 is 0 Å². The van der Waals surface area contributed by atoms with Gasteiger partial charge in [0.15, 0.2) is 11.5 Å². The Labute approximate surface area is 145 Å². The molecule has 3 aromatic heterocycles. The van der Waals surface area contributed by atoms with Gasteiger partial charge in [0.25, 0.3) is 5.91 Å². The molecule has 1 N–H and O–H groups in total. The first-order valence-corrected chi connectivity index (χ1v) is 8.52. The van der Waals surface area contributed by atoms with Crippen LogP contribution in [0, 0.1) is 13.8 Å². The zero-order chi connectivity index (χ0) is 17.4. The molecule has 1 atom stereocenters. The largest absolute Gasteiger partial charge is 0.460 e. The fraction of sp³-hybridized carbons (Fsp3) is 0.389. The van der Waals surface area contributed by atoms with E-state index in [9.17, 15) is 4.79 Å². The Hall–Kier alpha value is -2.83. The summed E-state index contributed by atoms with van der Waals surface area (Å²) in [5.41, 5.74) is 2.27. The summed E-state index contributed by atoms with van der Waals surface area (Å²) in [7, 11) is 0. The molecule has 1 fully saturated rings. The lowest BCUT2D eigenvalue weighted by atomic mass is 10.1. The maximum atomic E-state index is 12.8. The number of carbonyl (C=O) groups is 1. The number of aromatic amines is 1. The second kappa shape index (κ2) is 6.23. The number of aromatic nitrogens is 4. The summed E-state index contributed by atoms with van der Waals surface area (Å²) >= 11 is 0. The average molecular weight is 339 g/mol. The van der Waals surface area contributed by atoms with Gasteiger partial charge in [0.05, 0.1) is 12.2 Å². The molecule has 0 saturated carbocycles. The van der Waals surface area contributed by atoms with E-state index in [0.717, 1.165) is 30.7 Å². The van der Waals surface area contributed by atoms with E-state index in [4.69, 9.17) is 4.42 Å². The van der Waals surface area contributed by atoms with Crippen molar-refractivity contribution in [3.8, 4) is 11.5 Å². The van der Waals surface area contributed by atoms with Crippen molar-refractivity contribution in [3.05, 3.63) is 47.6 Å². The molecular formula is C18H21N5O2. The van der Waals surface area contributed by atoms with E-state index in [1.54, 1.807) is 6.07 Å². The normalized spacial score (nSPS) is 17.8. The minimum absolute atomic E-state index is 0.0562. The molecule has 0 spiro atoms. The van der Waals surface area contributed by atoms with E-state index >= 15 is 0 Å². The van der Waals surface area contributed by atoms with Crippen molar-refractivity contribution in [1.82, 2.24) is 24.9 Å². The maximum Gasteiger partial charge on any atom is 0.274 e. The highest BCUT2D eigenvalue weighted by molar-refractivity contribution is 5.93. The molecule has 7 heteroatoms. The van der Waals surface area contributed by atoms with E-state index in [1.807, 2.05) is 48.0 Å². The molecule has 1 unspecified atom stereocenters. The van der Waals surface area contributed by atoms with Crippen molar-refractivity contribution >= 4 is 5.91 Å². The van der Waals surface area contributed by atoms with Gasteiger partial charge in [0, 0.05) is 25.4 Å². The molecule has 0 aromatic carbocycles. The number of hydrogen-bond acceptors (Lipinski definition) is 4. The topological polar surface area (TPSA) is 80.0 Å². The molecule has 4 rings (SSSR count). The van der Waals surface area contributed by atoms with Crippen molar-refractivity contribution < 1.29 is 9.21 Å². The van der Waals surface area contributed by atoms with Crippen molar-refractivity contribution in [3.63, 3.8) is 0 Å². The van der Waals surface area contributed by atoms with Gasteiger partial charge in [-0.15, -0.1) is 0 Å². The van der Waals surface area contributed by atoms with Crippen molar-refractivity contribution in [2.75, 3.05) is 13.1 Å². The van der Waals surface area contributed by atoms with Crippen LogP contribution in [0.25, 0.3) is 11.5 Å². The van der Waals surface area contributed by atoms with Gasteiger partial charge >= 0.3 is 0 Å². The lowest BCUT2D eigenvalue weighted by Crippen LogP contribution is -2.41. The minimum Gasteiger partial charge on any atom is -0.460 e. The molecule has 1 saturated heterocycles.